The normalized spacial score (nSPS) is 13.2. The van der Waals surface area contributed by atoms with E-state index in [0.717, 1.165) is 5.69 Å². The second-order valence-electron chi connectivity index (χ2n) is 8.29. The molecule has 0 radical (unpaired) electrons. The quantitative estimate of drug-likeness (QED) is 0.430. The number of anilines is 2. The van der Waals surface area contributed by atoms with Gasteiger partial charge in [-0.15, -0.1) is 0 Å². The van der Waals surface area contributed by atoms with Gasteiger partial charge in [0.15, 0.2) is 5.11 Å². The molecule has 1 aliphatic heterocycles. The van der Waals surface area contributed by atoms with Crippen LogP contribution < -0.4 is 20.3 Å². The highest BCUT2D eigenvalue weighted by atomic mass is 35.5. The maximum Gasteiger partial charge on any atom is 0.257 e. The second kappa shape index (κ2) is 12.0. The van der Waals surface area contributed by atoms with Crippen molar-refractivity contribution in [2.24, 2.45) is 0 Å². The zero-order valence-corrected chi connectivity index (χ0v) is 21.7. The molecule has 3 aromatic carbocycles. The van der Waals surface area contributed by atoms with Gasteiger partial charge in [-0.3, -0.25) is 14.9 Å². The molecule has 37 heavy (non-hydrogen) atoms. The second-order valence-corrected chi connectivity index (χ2v) is 9.13. The summed E-state index contributed by atoms with van der Waals surface area (Å²) in [5, 5.41) is 6.37. The van der Waals surface area contributed by atoms with Gasteiger partial charge in [0.25, 0.3) is 11.8 Å². The first-order valence-corrected chi connectivity index (χ1v) is 12.6. The van der Waals surface area contributed by atoms with Gasteiger partial charge in [0.2, 0.25) is 0 Å². The lowest BCUT2D eigenvalue weighted by Gasteiger charge is -2.37. The number of thiocarbonyl (C=S) groups is 1. The van der Waals surface area contributed by atoms with Crippen molar-refractivity contribution in [3.63, 3.8) is 0 Å². The van der Waals surface area contributed by atoms with Gasteiger partial charge in [-0.1, -0.05) is 23.7 Å². The molecule has 10 heteroatoms. The smallest absolute Gasteiger partial charge is 0.257 e. The minimum absolute atomic E-state index is 0.0680. The molecule has 0 saturated carbocycles. The fourth-order valence-corrected chi connectivity index (χ4v) is 4.41. The Labute approximate surface area is 225 Å². The van der Waals surface area contributed by atoms with Crippen molar-refractivity contribution >= 4 is 52.1 Å². The summed E-state index contributed by atoms with van der Waals surface area (Å²) in [4.78, 5) is 29.1. The fourth-order valence-electron chi connectivity index (χ4n) is 4.04. The van der Waals surface area contributed by atoms with E-state index in [1.807, 2.05) is 13.0 Å². The summed E-state index contributed by atoms with van der Waals surface area (Å²) in [7, 11) is 0. The van der Waals surface area contributed by atoms with Gasteiger partial charge in [0.05, 0.1) is 23.5 Å². The molecule has 0 bridgehead atoms. The van der Waals surface area contributed by atoms with E-state index in [0.29, 0.717) is 54.8 Å². The number of nitrogens with one attached hydrogen (secondary N) is 2. The highest BCUT2D eigenvalue weighted by Gasteiger charge is 2.25. The summed E-state index contributed by atoms with van der Waals surface area (Å²) in [6.45, 7) is 4.34. The van der Waals surface area contributed by atoms with Crippen LogP contribution in [-0.4, -0.2) is 54.6 Å². The van der Waals surface area contributed by atoms with Crippen LogP contribution in [0.4, 0.5) is 15.8 Å². The van der Waals surface area contributed by atoms with Gasteiger partial charge < -0.3 is 19.9 Å². The highest BCUT2D eigenvalue weighted by Crippen LogP contribution is 2.30. The molecule has 0 aromatic heterocycles. The lowest BCUT2D eigenvalue weighted by molar-refractivity contribution is 0.0742. The SMILES string of the molecule is CCOc1ccc(C(=O)NC(=S)Nc2cc(Cl)ccc2N2CCN(C(=O)c3ccccc3F)CC2)cc1. The largest absolute Gasteiger partial charge is 0.494 e. The molecule has 1 fully saturated rings. The minimum atomic E-state index is -0.528. The third-order valence-electron chi connectivity index (χ3n) is 5.87. The average Bonchev–Trinajstić information content (AvgIpc) is 2.89. The van der Waals surface area contributed by atoms with Crippen molar-refractivity contribution in [1.29, 1.82) is 0 Å². The van der Waals surface area contributed by atoms with Gasteiger partial charge in [0.1, 0.15) is 11.6 Å². The third-order valence-corrected chi connectivity index (χ3v) is 6.31. The summed E-state index contributed by atoms with van der Waals surface area (Å²) in [6, 6.07) is 18.1. The molecule has 1 saturated heterocycles. The molecule has 2 N–H and O–H groups in total. The summed E-state index contributed by atoms with van der Waals surface area (Å²) in [5.74, 6) is -0.534. The lowest BCUT2D eigenvalue weighted by atomic mass is 10.1. The van der Waals surface area contributed by atoms with Crippen molar-refractivity contribution < 1.29 is 18.7 Å². The van der Waals surface area contributed by atoms with E-state index in [-0.39, 0.29) is 22.5 Å². The maximum atomic E-state index is 14.1. The summed E-state index contributed by atoms with van der Waals surface area (Å²) in [5.41, 5.74) is 1.95. The predicted octanol–water partition coefficient (Wildman–Crippen LogP) is 4.97. The molecule has 3 aromatic rings. The average molecular weight is 541 g/mol. The number of carbonyl (C=O) groups is 2. The molecular weight excluding hydrogens is 515 g/mol. The molecule has 2 amide bonds. The van der Waals surface area contributed by atoms with Crippen LogP contribution in [0.25, 0.3) is 0 Å². The number of hydrogen-bond acceptors (Lipinski definition) is 5. The number of hydrogen-bond donors (Lipinski definition) is 2. The number of rotatable bonds is 6. The van der Waals surface area contributed by atoms with Gasteiger partial charge in [-0.2, -0.15) is 0 Å². The van der Waals surface area contributed by atoms with Crippen molar-refractivity contribution in [2.75, 3.05) is 43.0 Å². The Morgan fingerprint density at radius 2 is 1.73 bits per heavy atom. The van der Waals surface area contributed by atoms with Crippen LogP contribution in [0, 0.1) is 5.82 Å². The Morgan fingerprint density at radius 1 is 1.03 bits per heavy atom. The number of halogens is 2. The number of benzene rings is 3. The van der Waals surface area contributed by atoms with E-state index in [4.69, 9.17) is 28.6 Å². The molecule has 0 unspecified atom stereocenters. The van der Waals surface area contributed by atoms with Gasteiger partial charge in [0, 0.05) is 36.8 Å². The van der Waals surface area contributed by atoms with Gasteiger partial charge in [-0.05, 0) is 73.7 Å². The molecular formula is C27H26ClFN4O3S. The zero-order valence-electron chi connectivity index (χ0n) is 20.2. The van der Waals surface area contributed by atoms with Crippen molar-refractivity contribution in [3.8, 4) is 5.75 Å². The highest BCUT2D eigenvalue weighted by molar-refractivity contribution is 7.80. The van der Waals surface area contributed by atoms with E-state index >= 15 is 0 Å². The Kier molecular flexibility index (Phi) is 8.58. The van der Waals surface area contributed by atoms with Crippen molar-refractivity contribution in [1.82, 2.24) is 10.2 Å². The van der Waals surface area contributed by atoms with Crippen LogP contribution in [0.15, 0.2) is 66.7 Å². The van der Waals surface area contributed by atoms with E-state index in [2.05, 4.69) is 15.5 Å². The van der Waals surface area contributed by atoms with Crippen LogP contribution >= 0.6 is 23.8 Å². The molecule has 1 aliphatic rings. The number of carbonyl (C=O) groups excluding carboxylic acids is 2. The van der Waals surface area contributed by atoms with Crippen LogP contribution in [0.5, 0.6) is 5.75 Å². The van der Waals surface area contributed by atoms with Crippen molar-refractivity contribution in [3.05, 3.63) is 88.7 Å². The molecule has 4 rings (SSSR count). The fraction of sp³-hybridized carbons (Fsp3) is 0.222. The molecule has 0 aliphatic carbocycles. The van der Waals surface area contributed by atoms with Crippen LogP contribution in [0.2, 0.25) is 5.02 Å². The first-order valence-electron chi connectivity index (χ1n) is 11.8. The molecule has 0 spiro atoms. The van der Waals surface area contributed by atoms with E-state index < -0.39 is 5.82 Å². The number of amides is 2. The first kappa shape index (κ1) is 26.4. The van der Waals surface area contributed by atoms with Crippen LogP contribution in [0.1, 0.15) is 27.6 Å². The van der Waals surface area contributed by atoms with Crippen LogP contribution in [0.3, 0.4) is 0 Å². The minimum Gasteiger partial charge on any atom is -0.494 e. The Balaban J connectivity index is 1.40. The van der Waals surface area contributed by atoms with Crippen LogP contribution in [-0.2, 0) is 0 Å². The monoisotopic (exact) mass is 540 g/mol. The van der Waals surface area contributed by atoms with E-state index in [1.165, 1.54) is 12.1 Å². The van der Waals surface area contributed by atoms with E-state index in [1.54, 1.807) is 53.4 Å². The Morgan fingerprint density at radius 3 is 2.41 bits per heavy atom. The molecule has 0 atom stereocenters. The molecule has 192 valence electrons. The third kappa shape index (κ3) is 6.55. The lowest BCUT2D eigenvalue weighted by Crippen LogP contribution is -2.49. The number of ether oxygens (including phenoxy) is 1. The zero-order chi connectivity index (χ0) is 26.4. The summed E-state index contributed by atoms with van der Waals surface area (Å²) >= 11 is 11.6. The predicted molar refractivity (Wildman–Crippen MR) is 147 cm³/mol. The topological polar surface area (TPSA) is 73.9 Å². The standard InChI is InChI=1S/C27H26ClFN4O3S/c1-2-36-20-10-7-18(8-11-20)25(34)31-27(37)30-23-17-19(28)9-12-24(23)32-13-15-33(16-14-32)26(35)21-5-3-4-6-22(21)29/h3-12,17H,2,13-16H2,1H3,(H2,30,31,34,37). The molecule has 7 nitrogen and oxygen atoms in total. The maximum absolute atomic E-state index is 14.1. The molecule has 1 heterocycles. The Hall–Kier alpha value is -3.69. The van der Waals surface area contributed by atoms with Crippen molar-refractivity contribution in [2.45, 2.75) is 6.92 Å². The summed E-state index contributed by atoms with van der Waals surface area (Å²) < 4.78 is 19.5. The number of nitrogens with zero attached hydrogens (tertiary/aromatic N) is 2. The van der Waals surface area contributed by atoms with E-state index in [9.17, 15) is 14.0 Å². The van der Waals surface area contributed by atoms with Gasteiger partial charge in [-0.25, -0.2) is 4.39 Å². The summed E-state index contributed by atoms with van der Waals surface area (Å²) in [6.07, 6.45) is 0. The number of piperazine rings is 1. The Bertz CT molecular complexity index is 1300. The van der Waals surface area contributed by atoms with Gasteiger partial charge >= 0.3 is 0 Å². The first-order chi connectivity index (χ1) is 17.9.